The Labute approximate surface area is 146 Å². The first-order chi connectivity index (χ1) is 11.8. The van der Waals surface area contributed by atoms with Crippen molar-refractivity contribution in [2.24, 2.45) is 0 Å². The second-order valence-electron chi connectivity index (χ2n) is 5.59. The van der Waals surface area contributed by atoms with Gasteiger partial charge in [0.15, 0.2) is 11.0 Å². The normalized spacial score (nSPS) is 10.9. The Morgan fingerprint density at radius 1 is 1.04 bits per heavy atom. The number of hydrogen-bond donors (Lipinski definition) is 0. The maximum absolute atomic E-state index is 5.25. The third-order valence-electron chi connectivity index (χ3n) is 3.72. The quantitative estimate of drug-likeness (QED) is 0.605. The van der Waals surface area contributed by atoms with Crippen LogP contribution in [0.25, 0.3) is 11.4 Å². The highest BCUT2D eigenvalue weighted by Gasteiger charge is 2.14. The second kappa shape index (κ2) is 8.13. The fourth-order valence-corrected chi connectivity index (χ4v) is 3.44. The zero-order valence-electron chi connectivity index (χ0n) is 14.0. The van der Waals surface area contributed by atoms with Crippen LogP contribution in [0.15, 0.2) is 59.8 Å². The van der Waals surface area contributed by atoms with Crippen molar-refractivity contribution in [1.29, 1.82) is 0 Å². The van der Waals surface area contributed by atoms with Crippen molar-refractivity contribution in [2.45, 2.75) is 24.4 Å². The first kappa shape index (κ1) is 16.7. The third-order valence-corrected chi connectivity index (χ3v) is 4.76. The summed E-state index contributed by atoms with van der Waals surface area (Å²) in [6.45, 7) is 3.49. The lowest BCUT2D eigenvalue weighted by atomic mass is 10.2. The smallest absolute Gasteiger partial charge is 0.191 e. The van der Waals surface area contributed by atoms with E-state index in [4.69, 9.17) is 4.74 Å². The molecule has 0 fully saturated rings. The van der Waals surface area contributed by atoms with E-state index in [1.165, 1.54) is 11.1 Å². The molecule has 0 saturated carbocycles. The first-order valence-corrected chi connectivity index (χ1v) is 8.92. The molecule has 124 valence electrons. The third kappa shape index (κ3) is 4.04. The van der Waals surface area contributed by atoms with Crippen LogP contribution in [0.3, 0.4) is 0 Å². The highest BCUT2D eigenvalue weighted by atomic mass is 32.2. The fourth-order valence-electron chi connectivity index (χ4n) is 2.53. The molecule has 1 aromatic heterocycles. The predicted octanol–water partition coefficient (Wildman–Crippen LogP) is 4.19. The predicted molar refractivity (Wildman–Crippen MR) is 98.1 cm³/mol. The lowest BCUT2D eigenvalue weighted by Crippen LogP contribution is -2.07. The molecule has 1 heterocycles. The molecular formula is C19H21N3OS. The van der Waals surface area contributed by atoms with Gasteiger partial charge in [0.25, 0.3) is 0 Å². The SMILES string of the molecule is COCCn1c(SCc2cccc(C)c2)nnc1-c1ccccc1. The number of aryl methyl sites for hydroxylation is 1. The monoisotopic (exact) mass is 339 g/mol. The lowest BCUT2D eigenvalue weighted by Gasteiger charge is -2.10. The summed E-state index contributed by atoms with van der Waals surface area (Å²) in [6, 6.07) is 18.7. The van der Waals surface area contributed by atoms with Gasteiger partial charge in [-0.15, -0.1) is 10.2 Å². The summed E-state index contributed by atoms with van der Waals surface area (Å²) in [5.74, 6) is 1.76. The van der Waals surface area contributed by atoms with Gasteiger partial charge in [-0.2, -0.15) is 0 Å². The van der Waals surface area contributed by atoms with Crippen LogP contribution in [-0.4, -0.2) is 28.5 Å². The number of methoxy groups -OCH3 is 1. The van der Waals surface area contributed by atoms with Gasteiger partial charge in [-0.1, -0.05) is 71.9 Å². The van der Waals surface area contributed by atoms with Gasteiger partial charge in [0.05, 0.1) is 13.2 Å². The van der Waals surface area contributed by atoms with E-state index in [0.29, 0.717) is 6.61 Å². The first-order valence-electron chi connectivity index (χ1n) is 7.94. The summed E-state index contributed by atoms with van der Waals surface area (Å²) in [7, 11) is 1.71. The number of rotatable bonds is 7. The molecule has 0 N–H and O–H groups in total. The van der Waals surface area contributed by atoms with Gasteiger partial charge in [0.1, 0.15) is 0 Å². The van der Waals surface area contributed by atoms with E-state index < -0.39 is 0 Å². The summed E-state index contributed by atoms with van der Waals surface area (Å²) >= 11 is 1.71. The van der Waals surface area contributed by atoms with Gasteiger partial charge in [0, 0.05) is 18.4 Å². The minimum absolute atomic E-state index is 0.635. The number of hydrogen-bond acceptors (Lipinski definition) is 4. The Kier molecular flexibility index (Phi) is 5.67. The number of nitrogens with zero attached hydrogens (tertiary/aromatic N) is 3. The highest BCUT2D eigenvalue weighted by molar-refractivity contribution is 7.98. The molecule has 0 radical (unpaired) electrons. The van der Waals surface area contributed by atoms with E-state index in [1.807, 2.05) is 18.2 Å². The van der Waals surface area contributed by atoms with Crippen LogP contribution in [0.4, 0.5) is 0 Å². The average molecular weight is 339 g/mol. The van der Waals surface area contributed by atoms with Crippen molar-refractivity contribution < 1.29 is 4.74 Å². The molecule has 0 aliphatic heterocycles. The Morgan fingerprint density at radius 3 is 2.62 bits per heavy atom. The molecule has 3 rings (SSSR count). The molecule has 0 saturated heterocycles. The molecule has 0 aliphatic rings. The van der Waals surface area contributed by atoms with Crippen molar-refractivity contribution in [3.05, 3.63) is 65.7 Å². The van der Waals surface area contributed by atoms with Crippen LogP contribution in [0.2, 0.25) is 0 Å². The van der Waals surface area contributed by atoms with E-state index in [9.17, 15) is 0 Å². The van der Waals surface area contributed by atoms with Crippen molar-refractivity contribution in [3.63, 3.8) is 0 Å². The molecule has 0 amide bonds. The van der Waals surface area contributed by atoms with Crippen molar-refractivity contribution in [1.82, 2.24) is 14.8 Å². The van der Waals surface area contributed by atoms with E-state index in [2.05, 4.69) is 58.1 Å². The molecule has 2 aromatic carbocycles. The molecule has 0 spiro atoms. The van der Waals surface area contributed by atoms with Crippen LogP contribution in [0.1, 0.15) is 11.1 Å². The summed E-state index contributed by atoms with van der Waals surface area (Å²) in [4.78, 5) is 0. The minimum Gasteiger partial charge on any atom is -0.383 e. The van der Waals surface area contributed by atoms with Gasteiger partial charge < -0.3 is 4.74 Å². The number of thioether (sulfide) groups is 1. The maximum atomic E-state index is 5.25. The van der Waals surface area contributed by atoms with Gasteiger partial charge in [-0.25, -0.2) is 0 Å². The number of ether oxygens (including phenoxy) is 1. The molecule has 0 unspecified atom stereocenters. The number of aromatic nitrogens is 3. The molecule has 4 nitrogen and oxygen atoms in total. The van der Waals surface area contributed by atoms with E-state index in [1.54, 1.807) is 18.9 Å². The molecule has 0 bridgehead atoms. The Balaban J connectivity index is 1.83. The van der Waals surface area contributed by atoms with Gasteiger partial charge in [0.2, 0.25) is 0 Å². The van der Waals surface area contributed by atoms with Crippen molar-refractivity contribution >= 4 is 11.8 Å². The fraction of sp³-hybridized carbons (Fsp3) is 0.263. The summed E-state index contributed by atoms with van der Waals surface area (Å²) in [5.41, 5.74) is 3.64. The van der Waals surface area contributed by atoms with Crippen molar-refractivity contribution in [2.75, 3.05) is 13.7 Å². The summed E-state index contributed by atoms with van der Waals surface area (Å²) in [6.07, 6.45) is 0. The standard InChI is InChI=1S/C19H21N3OS/c1-15-7-6-8-16(13-15)14-24-19-21-20-18(22(19)11-12-23-2)17-9-4-3-5-10-17/h3-10,13H,11-12,14H2,1-2H3. The lowest BCUT2D eigenvalue weighted by molar-refractivity contribution is 0.185. The highest BCUT2D eigenvalue weighted by Crippen LogP contribution is 2.26. The Hall–Kier alpha value is -2.11. The van der Waals surface area contributed by atoms with Crippen LogP contribution < -0.4 is 0 Å². The van der Waals surface area contributed by atoms with Crippen LogP contribution in [0.5, 0.6) is 0 Å². The van der Waals surface area contributed by atoms with Gasteiger partial charge >= 0.3 is 0 Å². The number of benzene rings is 2. The van der Waals surface area contributed by atoms with Crippen molar-refractivity contribution in [3.8, 4) is 11.4 Å². The molecule has 0 atom stereocenters. The van der Waals surface area contributed by atoms with Crippen LogP contribution >= 0.6 is 11.8 Å². The second-order valence-corrected chi connectivity index (χ2v) is 6.54. The molecule has 0 aliphatic carbocycles. The zero-order chi connectivity index (χ0) is 16.8. The molecule has 3 aromatic rings. The largest absolute Gasteiger partial charge is 0.383 e. The topological polar surface area (TPSA) is 39.9 Å². The van der Waals surface area contributed by atoms with E-state index >= 15 is 0 Å². The zero-order valence-corrected chi connectivity index (χ0v) is 14.8. The average Bonchev–Trinajstić information content (AvgIpc) is 3.02. The molecular weight excluding hydrogens is 318 g/mol. The van der Waals surface area contributed by atoms with E-state index in [-0.39, 0.29) is 0 Å². The molecule has 5 heteroatoms. The Morgan fingerprint density at radius 2 is 1.88 bits per heavy atom. The van der Waals surface area contributed by atoms with E-state index in [0.717, 1.165) is 28.8 Å². The summed E-state index contributed by atoms with van der Waals surface area (Å²) < 4.78 is 7.39. The Bertz CT molecular complexity index is 786. The minimum atomic E-state index is 0.635. The van der Waals surface area contributed by atoms with Crippen LogP contribution in [-0.2, 0) is 17.0 Å². The van der Waals surface area contributed by atoms with Gasteiger partial charge in [-0.05, 0) is 12.5 Å². The summed E-state index contributed by atoms with van der Waals surface area (Å²) in [5, 5.41) is 9.73. The molecule has 24 heavy (non-hydrogen) atoms. The maximum Gasteiger partial charge on any atom is 0.191 e. The van der Waals surface area contributed by atoms with Gasteiger partial charge in [-0.3, -0.25) is 4.57 Å². The van der Waals surface area contributed by atoms with Crippen LogP contribution in [0, 0.1) is 6.92 Å².